The van der Waals surface area contributed by atoms with Gasteiger partial charge < -0.3 is 9.64 Å². The van der Waals surface area contributed by atoms with E-state index in [-0.39, 0.29) is 13.1 Å². The van der Waals surface area contributed by atoms with E-state index >= 15 is 0 Å². The fraction of sp³-hybridized carbons (Fsp3) is 0.900. The molecule has 7 nitrogen and oxygen atoms in total. The Bertz CT molecular complexity index is 394. The molecule has 1 rings (SSSR count). The largest absolute Gasteiger partial charge is 0.444 e. The van der Waals surface area contributed by atoms with Crippen LogP contribution in [0.4, 0.5) is 4.79 Å². The second-order valence-corrected chi connectivity index (χ2v) is 6.95. The van der Waals surface area contributed by atoms with Crippen LogP contribution in [0, 0.1) is 0 Å². The Labute approximate surface area is 108 Å². The van der Waals surface area contributed by atoms with E-state index in [4.69, 9.17) is 4.74 Å². The standard InChI is InChI=1S/C10H21N3O4S/c1-10(2,3)17-9(14)12-5-7-13(8-6-12)18(15,16)11-4/h11H,5-8H2,1-4H3. The Morgan fingerprint density at radius 1 is 1.17 bits per heavy atom. The molecule has 0 aromatic heterocycles. The molecule has 1 amide bonds. The highest BCUT2D eigenvalue weighted by molar-refractivity contribution is 7.87. The maximum atomic E-state index is 11.8. The van der Waals surface area contributed by atoms with E-state index < -0.39 is 21.9 Å². The van der Waals surface area contributed by atoms with Gasteiger partial charge in [-0.3, -0.25) is 0 Å². The van der Waals surface area contributed by atoms with E-state index in [2.05, 4.69) is 4.72 Å². The number of nitrogens with zero attached hydrogens (tertiary/aromatic N) is 2. The van der Waals surface area contributed by atoms with Gasteiger partial charge in [0.15, 0.2) is 0 Å². The summed E-state index contributed by atoms with van der Waals surface area (Å²) in [5, 5.41) is 0. The molecule has 0 aromatic carbocycles. The molecule has 0 aromatic rings. The second kappa shape index (κ2) is 5.41. The zero-order valence-electron chi connectivity index (χ0n) is 11.3. The minimum atomic E-state index is -3.40. The third kappa shape index (κ3) is 4.11. The Morgan fingerprint density at radius 2 is 1.67 bits per heavy atom. The quantitative estimate of drug-likeness (QED) is 0.772. The number of carbonyl (C=O) groups is 1. The monoisotopic (exact) mass is 279 g/mol. The van der Waals surface area contributed by atoms with Crippen LogP contribution in [-0.4, -0.2) is 62.5 Å². The molecule has 8 heteroatoms. The first-order chi connectivity index (χ1) is 8.15. The summed E-state index contributed by atoms with van der Waals surface area (Å²) >= 11 is 0. The Balaban J connectivity index is 2.52. The molecule has 1 N–H and O–H groups in total. The van der Waals surface area contributed by atoms with Crippen LogP contribution in [0.2, 0.25) is 0 Å². The van der Waals surface area contributed by atoms with E-state index in [0.717, 1.165) is 0 Å². The molecule has 1 saturated heterocycles. The first kappa shape index (κ1) is 15.2. The van der Waals surface area contributed by atoms with Gasteiger partial charge in [-0.2, -0.15) is 12.7 Å². The van der Waals surface area contributed by atoms with Gasteiger partial charge in [-0.25, -0.2) is 9.52 Å². The number of nitrogens with one attached hydrogen (secondary N) is 1. The summed E-state index contributed by atoms with van der Waals surface area (Å²) < 4.78 is 31.9. The number of hydrogen-bond acceptors (Lipinski definition) is 4. The number of amides is 1. The summed E-state index contributed by atoms with van der Waals surface area (Å²) in [5.41, 5.74) is -0.536. The third-order valence-corrected chi connectivity index (χ3v) is 4.05. The molecule has 0 aliphatic carbocycles. The molecule has 1 fully saturated rings. The molecule has 0 radical (unpaired) electrons. The molecule has 0 unspecified atom stereocenters. The van der Waals surface area contributed by atoms with Crippen molar-refractivity contribution in [3.63, 3.8) is 0 Å². The van der Waals surface area contributed by atoms with Crippen LogP contribution in [0.5, 0.6) is 0 Å². The molecule has 1 aliphatic heterocycles. The summed E-state index contributed by atoms with van der Waals surface area (Å²) in [7, 11) is -2.03. The van der Waals surface area contributed by atoms with Crippen molar-refractivity contribution in [1.82, 2.24) is 13.9 Å². The minimum absolute atomic E-state index is 0.280. The Morgan fingerprint density at radius 3 is 2.06 bits per heavy atom. The van der Waals surface area contributed by atoms with Crippen LogP contribution < -0.4 is 4.72 Å². The first-order valence-electron chi connectivity index (χ1n) is 5.82. The highest BCUT2D eigenvalue weighted by Crippen LogP contribution is 2.12. The Hall–Kier alpha value is -0.860. The van der Waals surface area contributed by atoms with Crippen LogP contribution in [0.25, 0.3) is 0 Å². The summed E-state index contributed by atoms with van der Waals surface area (Å²) in [6.45, 7) is 6.64. The predicted molar refractivity (Wildman–Crippen MR) is 67.4 cm³/mol. The molecule has 106 valence electrons. The molecular weight excluding hydrogens is 258 g/mol. The fourth-order valence-corrected chi connectivity index (χ4v) is 2.47. The van der Waals surface area contributed by atoms with Gasteiger partial charge in [0.2, 0.25) is 0 Å². The van der Waals surface area contributed by atoms with Gasteiger partial charge in [0.05, 0.1) is 0 Å². The summed E-state index contributed by atoms with van der Waals surface area (Å²) in [4.78, 5) is 13.3. The highest BCUT2D eigenvalue weighted by atomic mass is 32.2. The van der Waals surface area contributed by atoms with Crippen LogP contribution in [0.3, 0.4) is 0 Å². The van der Waals surface area contributed by atoms with Gasteiger partial charge in [-0.1, -0.05) is 0 Å². The van der Waals surface area contributed by atoms with Gasteiger partial charge >= 0.3 is 6.09 Å². The average Bonchev–Trinajstić information content (AvgIpc) is 2.27. The molecular formula is C10H21N3O4S. The van der Waals surface area contributed by atoms with Crippen molar-refractivity contribution in [2.24, 2.45) is 0 Å². The molecule has 1 heterocycles. The lowest BCUT2D eigenvalue weighted by molar-refractivity contribution is 0.0192. The van der Waals surface area contributed by atoms with Gasteiger partial charge in [-0.05, 0) is 20.8 Å². The van der Waals surface area contributed by atoms with Crippen molar-refractivity contribution in [2.45, 2.75) is 26.4 Å². The first-order valence-corrected chi connectivity index (χ1v) is 7.26. The van der Waals surface area contributed by atoms with Crippen molar-refractivity contribution in [2.75, 3.05) is 33.2 Å². The van der Waals surface area contributed by atoms with Gasteiger partial charge in [0.1, 0.15) is 5.60 Å². The normalized spacial score (nSPS) is 18.8. The van der Waals surface area contributed by atoms with Gasteiger partial charge in [0.25, 0.3) is 10.2 Å². The Kier molecular flexibility index (Phi) is 4.57. The van der Waals surface area contributed by atoms with E-state index in [1.54, 1.807) is 20.8 Å². The topological polar surface area (TPSA) is 79.0 Å². The van der Waals surface area contributed by atoms with E-state index in [0.29, 0.717) is 13.1 Å². The van der Waals surface area contributed by atoms with Gasteiger partial charge in [-0.15, -0.1) is 0 Å². The fourth-order valence-electron chi connectivity index (χ4n) is 1.57. The van der Waals surface area contributed by atoms with Crippen molar-refractivity contribution in [3.8, 4) is 0 Å². The zero-order valence-corrected chi connectivity index (χ0v) is 12.1. The number of hydrogen-bond donors (Lipinski definition) is 1. The lowest BCUT2D eigenvalue weighted by Gasteiger charge is -2.34. The van der Waals surface area contributed by atoms with E-state index in [1.807, 2.05) is 0 Å². The number of rotatable bonds is 2. The minimum Gasteiger partial charge on any atom is -0.444 e. The van der Waals surface area contributed by atoms with Crippen molar-refractivity contribution < 1.29 is 17.9 Å². The maximum absolute atomic E-state index is 11.8. The number of ether oxygens (including phenoxy) is 1. The lowest BCUT2D eigenvalue weighted by Crippen LogP contribution is -2.53. The lowest BCUT2D eigenvalue weighted by atomic mass is 10.2. The molecule has 0 saturated carbocycles. The van der Waals surface area contributed by atoms with Crippen molar-refractivity contribution in [3.05, 3.63) is 0 Å². The zero-order chi connectivity index (χ0) is 14.0. The smallest absolute Gasteiger partial charge is 0.410 e. The molecule has 0 spiro atoms. The molecule has 1 aliphatic rings. The summed E-state index contributed by atoms with van der Waals surface area (Å²) in [6.07, 6.45) is -0.399. The number of carbonyl (C=O) groups excluding carboxylic acids is 1. The van der Waals surface area contributed by atoms with Crippen LogP contribution >= 0.6 is 0 Å². The van der Waals surface area contributed by atoms with Crippen molar-refractivity contribution >= 4 is 16.3 Å². The maximum Gasteiger partial charge on any atom is 0.410 e. The molecule has 0 atom stereocenters. The molecule has 18 heavy (non-hydrogen) atoms. The van der Waals surface area contributed by atoms with Crippen LogP contribution in [0.15, 0.2) is 0 Å². The summed E-state index contributed by atoms with van der Waals surface area (Å²) in [5.74, 6) is 0. The number of piperazine rings is 1. The van der Waals surface area contributed by atoms with Gasteiger partial charge in [0, 0.05) is 33.2 Å². The summed E-state index contributed by atoms with van der Waals surface area (Å²) in [6, 6.07) is 0. The van der Waals surface area contributed by atoms with E-state index in [9.17, 15) is 13.2 Å². The van der Waals surface area contributed by atoms with Crippen LogP contribution in [-0.2, 0) is 14.9 Å². The molecule has 0 bridgehead atoms. The predicted octanol–water partition coefficient (Wildman–Crippen LogP) is 0.00330. The SMILES string of the molecule is CNS(=O)(=O)N1CCN(C(=O)OC(C)(C)C)CC1. The van der Waals surface area contributed by atoms with Crippen LogP contribution in [0.1, 0.15) is 20.8 Å². The average molecular weight is 279 g/mol. The second-order valence-electron chi connectivity index (χ2n) is 5.08. The van der Waals surface area contributed by atoms with E-state index in [1.165, 1.54) is 16.3 Å². The highest BCUT2D eigenvalue weighted by Gasteiger charge is 2.30. The third-order valence-electron chi connectivity index (χ3n) is 2.49. The van der Waals surface area contributed by atoms with Crippen molar-refractivity contribution in [1.29, 1.82) is 0 Å².